The predicted octanol–water partition coefficient (Wildman–Crippen LogP) is 6.16. The maximum atomic E-state index is 11.9. The number of benzene rings is 3. The number of H-pyrrole nitrogens is 1. The summed E-state index contributed by atoms with van der Waals surface area (Å²) in [5.74, 6) is 0.525. The van der Waals surface area contributed by atoms with E-state index >= 15 is 0 Å². The smallest absolute Gasteiger partial charge is 0.262 e. The number of aromatic nitrogens is 2. The Hall–Kier alpha value is -3.81. The summed E-state index contributed by atoms with van der Waals surface area (Å²) < 4.78 is 7.75. The molecule has 174 valence electrons. The molecule has 3 aromatic carbocycles. The van der Waals surface area contributed by atoms with Gasteiger partial charge in [0.15, 0.2) is 11.4 Å². The van der Waals surface area contributed by atoms with E-state index < -0.39 is 0 Å². The van der Waals surface area contributed by atoms with Crippen LogP contribution in [0.4, 0.5) is 11.4 Å². The van der Waals surface area contributed by atoms with Crippen LogP contribution in [0.15, 0.2) is 83.3 Å². The van der Waals surface area contributed by atoms with Crippen molar-refractivity contribution in [2.75, 3.05) is 11.9 Å². The van der Waals surface area contributed by atoms with Gasteiger partial charge in [0.25, 0.3) is 5.91 Å². The van der Waals surface area contributed by atoms with Gasteiger partial charge in [0, 0.05) is 34.6 Å². The minimum atomic E-state index is -0.151. The number of para-hydroxylation sites is 2. The van der Waals surface area contributed by atoms with E-state index in [-0.39, 0.29) is 12.5 Å². The molecule has 1 amide bonds. The molecule has 1 aliphatic rings. The number of hydrogen-bond acceptors (Lipinski definition) is 4. The molecule has 0 fully saturated rings. The molecule has 5 aromatic rings. The van der Waals surface area contributed by atoms with Gasteiger partial charge in [0.1, 0.15) is 5.75 Å². The highest BCUT2D eigenvalue weighted by Gasteiger charge is 2.18. The van der Waals surface area contributed by atoms with E-state index in [9.17, 15) is 4.79 Å². The zero-order valence-corrected chi connectivity index (χ0v) is 20.2. The van der Waals surface area contributed by atoms with Crippen molar-refractivity contribution in [2.24, 2.45) is 4.99 Å². The van der Waals surface area contributed by atoms with Crippen molar-refractivity contribution in [3.8, 4) is 17.0 Å². The van der Waals surface area contributed by atoms with Crippen LogP contribution in [0.5, 0.6) is 5.75 Å². The first-order valence-corrected chi connectivity index (χ1v) is 12.5. The summed E-state index contributed by atoms with van der Waals surface area (Å²) in [6.07, 6.45) is 2.90. The molecule has 3 heterocycles. The summed E-state index contributed by atoms with van der Waals surface area (Å²) in [4.78, 5) is 21.0. The molecule has 0 saturated heterocycles. The number of carbonyl (C=O) groups is 1. The molecule has 0 bridgehead atoms. The molecule has 35 heavy (non-hydrogen) atoms. The van der Waals surface area contributed by atoms with Gasteiger partial charge in [-0.3, -0.25) is 4.79 Å². The molecule has 0 unspecified atom stereocenters. The van der Waals surface area contributed by atoms with Crippen molar-refractivity contribution in [3.63, 3.8) is 0 Å². The number of anilines is 1. The topological polar surface area (TPSA) is 71.4 Å². The molecular weight excluding hydrogens is 480 g/mol. The Labute approximate surface area is 210 Å². The van der Waals surface area contributed by atoms with Gasteiger partial charge >= 0.3 is 0 Å². The molecule has 0 radical (unpaired) electrons. The van der Waals surface area contributed by atoms with Gasteiger partial charge < -0.3 is 19.6 Å². The van der Waals surface area contributed by atoms with Crippen LogP contribution in [0, 0.1) is 0 Å². The second-order valence-electron chi connectivity index (χ2n) is 8.28. The Kier molecular flexibility index (Phi) is 5.64. The van der Waals surface area contributed by atoms with Crippen LogP contribution >= 0.6 is 22.9 Å². The summed E-state index contributed by atoms with van der Waals surface area (Å²) in [6, 6.07) is 21.8. The molecule has 6 rings (SSSR count). The van der Waals surface area contributed by atoms with Crippen LogP contribution < -0.4 is 14.9 Å². The first-order valence-electron chi connectivity index (χ1n) is 11.3. The SMILES string of the molecule is O=C1COc2ccc(-c3csc(=Nc4ccccc4Cl)n3CCc3c[nH]c4ccccc34)cc2N1. The minimum Gasteiger partial charge on any atom is -0.482 e. The van der Waals surface area contributed by atoms with Gasteiger partial charge in [-0.2, -0.15) is 0 Å². The number of hydrogen-bond donors (Lipinski definition) is 2. The summed E-state index contributed by atoms with van der Waals surface area (Å²) in [6.45, 7) is 0.764. The molecule has 0 atom stereocenters. The monoisotopic (exact) mass is 500 g/mol. The fourth-order valence-electron chi connectivity index (χ4n) is 4.32. The lowest BCUT2D eigenvalue weighted by Crippen LogP contribution is -2.25. The van der Waals surface area contributed by atoms with Gasteiger partial charge in [-0.15, -0.1) is 11.3 Å². The van der Waals surface area contributed by atoms with Crippen LogP contribution in [-0.4, -0.2) is 22.1 Å². The number of nitrogens with zero attached hydrogens (tertiary/aromatic N) is 2. The van der Waals surface area contributed by atoms with Crippen LogP contribution in [0.25, 0.3) is 22.2 Å². The Morgan fingerprint density at radius 3 is 2.86 bits per heavy atom. The summed E-state index contributed by atoms with van der Waals surface area (Å²) in [5.41, 5.74) is 5.78. The molecule has 0 aliphatic carbocycles. The van der Waals surface area contributed by atoms with Crippen LogP contribution in [0.1, 0.15) is 5.56 Å². The third kappa shape index (κ3) is 4.24. The Bertz CT molecular complexity index is 1630. The molecule has 0 spiro atoms. The van der Waals surface area contributed by atoms with Crippen LogP contribution in [-0.2, 0) is 17.8 Å². The lowest BCUT2D eigenvalue weighted by Gasteiger charge is -2.19. The second kappa shape index (κ2) is 9.09. The van der Waals surface area contributed by atoms with E-state index in [1.807, 2.05) is 48.5 Å². The van der Waals surface area contributed by atoms with E-state index in [4.69, 9.17) is 21.3 Å². The van der Waals surface area contributed by atoms with E-state index in [0.717, 1.165) is 40.2 Å². The van der Waals surface area contributed by atoms with Gasteiger partial charge in [0.05, 0.1) is 22.1 Å². The molecular formula is C27H21ClN4O2S. The standard InChI is InChI=1S/C27H21ClN4O2S/c28-20-6-2-4-8-22(20)31-27-32(12-11-18-14-29-21-7-3-1-5-19(18)21)24(16-35-27)17-9-10-25-23(13-17)30-26(33)15-34-25/h1-10,13-14,16,29H,11-12,15H2,(H,30,33). The zero-order valence-electron chi connectivity index (χ0n) is 18.6. The fourth-order valence-corrected chi connectivity index (χ4v) is 5.45. The number of ether oxygens (including phenoxy) is 1. The van der Waals surface area contributed by atoms with Crippen molar-refractivity contribution in [1.29, 1.82) is 0 Å². The van der Waals surface area contributed by atoms with Crippen molar-refractivity contribution in [3.05, 3.63) is 93.7 Å². The molecule has 1 aliphatic heterocycles. The molecule has 8 heteroatoms. The summed E-state index contributed by atoms with van der Waals surface area (Å²) >= 11 is 7.97. The number of aryl methyl sites for hydroxylation is 1. The number of nitrogens with one attached hydrogen (secondary N) is 2. The molecule has 2 N–H and O–H groups in total. The average Bonchev–Trinajstić information content (AvgIpc) is 3.47. The second-order valence-corrected chi connectivity index (χ2v) is 9.52. The van der Waals surface area contributed by atoms with Gasteiger partial charge in [-0.1, -0.05) is 41.9 Å². The van der Waals surface area contributed by atoms with Gasteiger partial charge in [0.2, 0.25) is 0 Å². The Morgan fingerprint density at radius 2 is 1.94 bits per heavy atom. The van der Waals surface area contributed by atoms with E-state index in [0.29, 0.717) is 16.5 Å². The number of halogens is 1. The number of thiazole rings is 1. The van der Waals surface area contributed by atoms with E-state index in [1.54, 1.807) is 11.3 Å². The Morgan fingerprint density at radius 1 is 1.09 bits per heavy atom. The Balaban J connectivity index is 1.43. The first kappa shape index (κ1) is 21.7. The molecule has 2 aromatic heterocycles. The number of fused-ring (bicyclic) bond motifs is 2. The van der Waals surface area contributed by atoms with E-state index in [1.165, 1.54) is 10.9 Å². The number of amides is 1. The van der Waals surface area contributed by atoms with Crippen LogP contribution in [0.3, 0.4) is 0 Å². The van der Waals surface area contributed by atoms with Gasteiger partial charge in [-0.05, 0) is 48.4 Å². The maximum Gasteiger partial charge on any atom is 0.262 e. The van der Waals surface area contributed by atoms with Crippen molar-refractivity contribution >= 4 is 51.1 Å². The highest BCUT2D eigenvalue weighted by atomic mass is 35.5. The zero-order chi connectivity index (χ0) is 23.8. The number of rotatable bonds is 5. The lowest BCUT2D eigenvalue weighted by atomic mass is 10.1. The summed E-state index contributed by atoms with van der Waals surface area (Å²) in [5, 5.41) is 6.83. The molecule has 0 saturated carbocycles. The first-order chi connectivity index (χ1) is 17.2. The van der Waals surface area contributed by atoms with Crippen molar-refractivity contribution in [1.82, 2.24) is 9.55 Å². The fraction of sp³-hybridized carbons (Fsp3) is 0.111. The third-order valence-corrected chi connectivity index (χ3v) is 7.24. The lowest BCUT2D eigenvalue weighted by molar-refractivity contribution is -0.118. The quantitative estimate of drug-likeness (QED) is 0.303. The van der Waals surface area contributed by atoms with Crippen molar-refractivity contribution < 1.29 is 9.53 Å². The highest BCUT2D eigenvalue weighted by molar-refractivity contribution is 7.07. The van der Waals surface area contributed by atoms with E-state index in [2.05, 4.69) is 44.6 Å². The number of aromatic amines is 1. The molecule has 6 nitrogen and oxygen atoms in total. The summed E-state index contributed by atoms with van der Waals surface area (Å²) in [7, 11) is 0. The predicted molar refractivity (Wildman–Crippen MR) is 141 cm³/mol. The minimum absolute atomic E-state index is 0.0380. The largest absolute Gasteiger partial charge is 0.482 e. The third-order valence-electron chi connectivity index (χ3n) is 6.05. The van der Waals surface area contributed by atoms with Crippen LogP contribution in [0.2, 0.25) is 5.02 Å². The number of carbonyl (C=O) groups excluding carboxylic acids is 1. The highest BCUT2D eigenvalue weighted by Crippen LogP contribution is 2.33. The normalized spacial score (nSPS) is 13.5. The average molecular weight is 501 g/mol. The van der Waals surface area contributed by atoms with Crippen molar-refractivity contribution in [2.45, 2.75) is 13.0 Å². The van der Waals surface area contributed by atoms with Gasteiger partial charge in [-0.25, -0.2) is 4.99 Å². The maximum absolute atomic E-state index is 11.9.